The summed E-state index contributed by atoms with van der Waals surface area (Å²) in [4.78, 5) is 2.62. The molecule has 2 heteroatoms. The molecule has 0 bridgehead atoms. The van der Waals surface area contributed by atoms with Crippen molar-refractivity contribution in [1.29, 1.82) is 0 Å². The molecule has 0 unspecified atom stereocenters. The van der Waals surface area contributed by atoms with E-state index in [0.717, 1.165) is 13.1 Å². The van der Waals surface area contributed by atoms with E-state index in [-0.39, 0.29) is 31.6 Å². The van der Waals surface area contributed by atoms with Gasteiger partial charge >= 0.3 is 26.2 Å². The van der Waals surface area contributed by atoms with Crippen LogP contribution in [0, 0.1) is 25.2 Å². The molecule has 1 saturated heterocycles. The molecular formula is C27H43NZr+2. The van der Waals surface area contributed by atoms with Crippen LogP contribution in [0.25, 0.3) is 0 Å². The van der Waals surface area contributed by atoms with Gasteiger partial charge in [0.25, 0.3) is 0 Å². The maximum absolute atomic E-state index is 4.56. The molecule has 4 fully saturated rings. The summed E-state index contributed by atoms with van der Waals surface area (Å²) in [5, 5.41) is 0. The average Bonchev–Trinajstić information content (AvgIpc) is 3.49. The minimum absolute atomic E-state index is 0. The first-order valence-corrected chi connectivity index (χ1v) is 12.2. The smallest absolute Gasteiger partial charge is 0.341 e. The molecule has 0 aromatic heterocycles. The first-order chi connectivity index (χ1) is 13.7. The number of fused-ring (bicyclic) bond motifs is 1. The van der Waals surface area contributed by atoms with E-state index in [1.54, 1.807) is 0 Å². The molecule has 3 atom stereocenters. The fourth-order valence-corrected chi connectivity index (χ4v) is 5.62. The van der Waals surface area contributed by atoms with E-state index in [1.165, 1.54) is 95.5 Å². The van der Waals surface area contributed by atoms with Gasteiger partial charge in [-0.1, -0.05) is 114 Å². The molecule has 3 aliphatic carbocycles. The number of likely N-dealkylation sites (tertiary alicyclic amines) is 1. The Morgan fingerprint density at radius 1 is 0.793 bits per heavy atom. The van der Waals surface area contributed by atoms with Gasteiger partial charge in [0.15, 0.2) is 0 Å². The summed E-state index contributed by atoms with van der Waals surface area (Å²) in [5.74, 6) is 0.492. The molecule has 0 radical (unpaired) electrons. The standard InChI is InChI=1S/C17H23N.2C5H10.Zr/c1-14-12-18(13-15-8-4-3-5-9-15)16-10-6-7-11-17(14,16)2;2*1-2-4-5-3-1;/h3-5,8-9,14,16H,1-2,6-7,10-13H2;2*1-5H2;/q-2;;;+4/t14-,16-,17-;;;/m1.../s1. The van der Waals surface area contributed by atoms with Crippen LogP contribution in [-0.4, -0.2) is 17.5 Å². The molecule has 3 saturated carbocycles. The third kappa shape index (κ3) is 7.61. The van der Waals surface area contributed by atoms with Crippen molar-refractivity contribution in [3.63, 3.8) is 0 Å². The minimum atomic E-state index is 0. The first kappa shape index (κ1) is 25.3. The quantitative estimate of drug-likeness (QED) is 0.400. The van der Waals surface area contributed by atoms with Crippen LogP contribution in [0.2, 0.25) is 0 Å². The van der Waals surface area contributed by atoms with Gasteiger partial charge in [0.1, 0.15) is 0 Å². The predicted molar refractivity (Wildman–Crippen MR) is 122 cm³/mol. The van der Waals surface area contributed by atoms with Gasteiger partial charge in [-0.3, -0.25) is 0 Å². The monoisotopic (exact) mass is 471 g/mol. The van der Waals surface area contributed by atoms with Crippen molar-refractivity contribution in [3.05, 3.63) is 49.7 Å². The van der Waals surface area contributed by atoms with Gasteiger partial charge in [-0.2, -0.15) is 11.3 Å². The fourth-order valence-electron chi connectivity index (χ4n) is 5.62. The molecule has 29 heavy (non-hydrogen) atoms. The first-order valence-electron chi connectivity index (χ1n) is 12.2. The molecule has 1 aromatic carbocycles. The molecule has 5 rings (SSSR count). The van der Waals surface area contributed by atoms with Gasteiger partial charge in [-0.05, 0) is 24.6 Å². The Morgan fingerprint density at radius 3 is 1.83 bits per heavy atom. The predicted octanol–water partition coefficient (Wildman–Crippen LogP) is 7.61. The van der Waals surface area contributed by atoms with Crippen LogP contribution in [0.1, 0.15) is 95.5 Å². The summed E-state index contributed by atoms with van der Waals surface area (Å²) < 4.78 is 0. The van der Waals surface area contributed by atoms with E-state index in [0.29, 0.717) is 12.0 Å². The maximum Gasteiger partial charge on any atom is 4.00 e. The van der Waals surface area contributed by atoms with Gasteiger partial charge in [0.05, 0.1) is 0 Å². The number of nitrogens with zero attached hydrogens (tertiary/aromatic N) is 1. The van der Waals surface area contributed by atoms with Crippen molar-refractivity contribution in [1.82, 2.24) is 4.90 Å². The SMILES string of the molecule is C1CCCC1.C1CCCC1.[CH2-][C@@H]1CN(Cc2ccccc2)[C@@H]2CCCC[C@]12[CH2-].[Zr+4]. The van der Waals surface area contributed by atoms with Crippen molar-refractivity contribution >= 4 is 0 Å². The van der Waals surface area contributed by atoms with Crippen LogP contribution >= 0.6 is 0 Å². The van der Waals surface area contributed by atoms with Crippen molar-refractivity contribution in [2.45, 2.75) is 102 Å². The fraction of sp³-hybridized carbons (Fsp3) is 0.704. The molecule has 0 amide bonds. The Hall–Kier alpha value is 0.0631. The molecule has 1 aliphatic heterocycles. The summed E-state index contributed by atoms with van der Waals surface area (Å²) in [6.45, 7) is 11.1. The van der Waals surface area contributed by atoms with E-state index >= 15 is 0 Å². The summed E-state index contributed by atoms with van der Waals surface area (Å²) >= 11 is 0. The molecule has 1 heterocycles. The van der Waals surface area contributed by atoms with Gasteiger partial charge in [-0.25, -0.2) is 0 Å². The van der Waals surface area contributed by atoms with Gasteiger partial charge < -0.3 is 18.7 Å². The van der Waals surface area contributed by atoms with E-state index < -0.39 is 0 Å². The van der Waals surface area contributed by atoms with Gasteiger partial charge in [-0.15, -0.1) is 0 Å². The van der Waals surface area contributed by atoms with Crippen molar-refractivity contribution < 1.29 is 26.2 Å². The summed E-state index contributed by atoms with van der Waals surface area (Å²) in [6, 6.07) is 11.4. The molecule has 1 nitrogen and oxygen atoms in total. The molecular weight excluding hydrogens is 430 g/mol. The topological polar surface area (TPSA) is 3.24 Å². The van der Waals surface area contributed by atoms with Crippen LogP contribution in [0.15, 0.2) is 30.3 Å². The third-order valence-corrected chi connectivity index (χ3v) is 7.47. The van der Waals surface area contributed by atoms with Crippen molar-refractivity contribution in [2.24, 2.45) is 11.3 Å². The van der Waals surface area contributed by atoms with E-state index in [1.807, 2.05) is 0 Å². The molecule has 0 N–H and O–H groups in total. The minimum Gasteiger partial charge on any atom is -0.341 e. The second-order valence-corrected chi connectivity index (χ2v) is 9.64. The van der Waals surface area contributed by atoms with Gasteiger partial charge in [0, 0.05) is 6.54 Å². The van der Waals surface area contributed by atoms with Crippen molar-refractivity contribution in [2.75, 3.05) is 6.54 Å². The van der Waals surface area contributed by atoms with Crippen LogP contribution in [-0.2, 0) is 32.7 Å². The summed E-state index contributed by atoms with van der Waals surface area (Å²) in [6.07, 6.45) is 20.3. The second-order valence-electron chi connectivity index (χ2n) is 9.64. The molecule has 158 valence electrons. The Labute approximate surface area is 200 Å². The van der Waals surface area contributed by atoms with E-state index in [2.05, 4.69) is 49.1 Å². The average molecular weight is 473 g/mol. The number of benzene rings is 1. The molecule has 1 aromatic rings. The Morgan fingerprint density at radius 2 is 1.31 bits per heavy atom. The largest absolute Gasteiger partial charge is 4.00 e. The zero-order valence-electron chi connectivity index (χ0n) is 18.7. The maximum atomic E-state index is 4.56. The van der Waals surface area contributed by atoms with E-state index in [9.17, 15) is 0 Å². The Bertz CT molecular complexity index is 512. The molecule has 4 aliphatic rings. The summed E-state index contributed by atoms with van der Waals surface area (Å²) in [5.41, 5.74) is 1.63. The van der Waals surface area contributed by atoms with Crippen LogP contribution in [0.3, 0.4) is 0 Å². The summed E-state index contributed by atoms with van der Waals surface area (Å²) in [7, 11) is 0. The number of hydrogen-bond acceptors (Lipinski definition) is 1. The second kappa shape index (κ2) is 13.5. The van der Waals surface area contributed by atoms with Crippen LogP contribution in [0.4, 0.5) is 0 Å². The zero-order valence-corrected chi connectivity index (χ0v) is 21.2. The van der Waals surface area contributed by atoms with Crippen LogP contribution in [0.5, 0.6) is 0 Å². The number of hydrogen-bond donors (Lipinski definition) is 0. The third-order valence-electron chi connectivity index (χ3n) is 7.47. The van der Waals surface area contributed by atoms with E-state index in [4.69, 9.17) is 0 Å². The zero-order chi connectivity index (χ0) is 19.7. The number of rotatable bonds is 2. The Kier molecular flexibility index (Phi) is 11.8. The van der Waals surface area contributed by atoms with Crippen LogP contribution < -0.4 is 0 Å². The van der Waals surface area contributed by atoms with Crippen molar-refractivity contribution in [3.8, 4) is 0 Å². The Balaban J connectivity index is 0.000000223. The molecule has 0 spiro atoms. The normalized spacial score (nSPS) is 31.0. The van der Waals surface area contributed by atoms with Gasteiger partial charge in [0.2, 0.25) is 0 Å².